The summed E-state index contributed by atoms with van der Waals surface area (Å²) in [4.78, 5) is 19.7. The molecule has 154 valence electrons. The van der Waals surface area contributed by atoms with E-state index in [9.17, 15) is 4.79 Å². The van der Waals surface area contributed by atoms with E-state index >= 15 is 0 Å². The zero-order chi connectivity index (χ0) is 20.3. The summed E-state index contributed by atoms with van der Waals surface area (Å²) in [5.74, 6) is 1.46. The minimum absolute atomic E-state index is 0.0218. The van der Waals surface area contributed by atoms with E-state index in [4.69, 9.17) is 9.72 Å². The lowest BCUT2D eigenvalue weighted by atomic mass is 9.69. The number of nitrogens with zero attached hydrogens (tertiary/aromatic N) is 2. The van der Waals surface area contributed by atoms with Crippen LogP contribution < -0.4 is 10.2 Å². The summed E-state index contributed by atoms with van der Waals surface area (Å²) in [5, 5.41) is 3.04. The van der Waals surface area contributed by atoms with Gasteiger partial charge in [0, 0.05) is 19.5 Å². The number of aromatic nitrogens is 1. The van der Waals surface area contributed by atoms with Gasteiger partial charge in [0.15, 0.2) is 0 Å². The lowest BCUT2D eigenvalue weighted by molar-refractivity contribution is -0.117. The largest absolute Gasteiger partial charge is 0.367 e. The molecule has 0 atom stereocenters. The Hall–Kier alpha value is -1.62. The molecule has 1 aromatic heterocycles. The van der Waals surface area contributed by atoms with E-state index in [1.54, 1.807) is 0 Å². The smallest absolute Gasteiger partial charge is 0.226 e. The highest BCUT2D eigenvalue weighted by Gasteiger charge is 2.61. The highest BCUT2D eigenvalue weighted by molar-refractivity contribution is 5.91. The van der Waals surface area contributed by atoms with Gasteiger partial charge >= 0.3 is 0 Å². The third-order valence-electron chi connectivity index (χ3n) is 6.58. The minimum Gasteiger partial charge on any atom is -0.367 e. The first-order valence-corrected chi connectivity index (χ1v) is 10.7. The van der Waals surface area contributed by atoms with E-state index in [0.29, 0.717) is 12.3 Å². The topological polar surface area (TPSA) is 54.5 Å². The molecule has 0 radical (unpaired) electrons. The molecular weight excluding hydrogens is 350 g/mol. The predicted octanol–water partition coefficient (Wildman–Crippen LogP) is 4.47. The molecule has 3 aliphatic heterocycles. The molecule has 0 aromatic carbocycles. The van der Waals surface area contributed by atoms with Crippen molar-refractivity contribution in [2.24, 2.45) is 11.3 Å². The molecule has 1 aromatic rings. The Balaban J connectivity index is 1.51. The molecule has 4 heterocycles. The standard InChI is InChI=1S/C23H35N3O2/c1-15-10-18-17(24-20(15)25-19(27)13-21(2,3)4)8-7-9-26(18)14-23-11-16(12-23)22(5,6)28-23/h10,16H,7-9,11-14H2,1-6H3,(H,24,25,27). The Kier molecular flexibility index (Phi) is 4.53. The maximum Gasteiger partial charge on any atom is 0.226 e. The van der Waals surface area contributed by atoms with Crippen LogP contribution in [0.15, 0.2) is 6.07 Å². The molecule has 1 N–H and O–H groups in total. The van der Waals surface area contributed by atoms with Gasteiger partial charge in [-0.05, 0) is 69.4 Å². The van der Waals surface area contributed by atoms with Crippen LogP contribution in [0.25, 0.3) is 0 Å². The monoisotopic (exact) mass is 385 g/mol. The summed E-state index contributed by atoms with van der Waals surface area (Å²) in [6.07, 6.45) is 4.92. The second-order valence-electron chi connectivity index (χ2n) is 10.9. The average molecular weight is 386 g/mol. The Labute approximate surface area is 169 Å². The van der Waals surface area contributed by atoms with E-state index in [-0.39, 0.29) is 22.5 Å². The molecular formula is C23H35N3O2. The number of aryl methyl sites for hydroxylation is 2. The number of fused-ring (bicyclic) bond motifs is 2. The predicted molar refractivity (Wildman–Crippen MR) is 113 cm³/mol. The number of pyridine rings is 1. The van der Waals surface area contributed by atoms with Crippen molar-refractivity contribution in [1.82, 2.24) is 4.98 Å². The van der Waals surface area contributed by atoms with Crippen LogP contribution in [-0.2, 0) is 16.0 Å². The Bertz CT molecular complexity index is 788. The molecule has 2 bridgehead atoms. The summed E-state index contributed by atoms with van der Waals surface area (Å²) in [6.45, 7) is 14.7. The SMILES string of the molecule is Cc1cc2c(nc1NC(=O)CC(C)(C)C)CCCN2CC12CC(C1)C(C)(C)O2. The molecule has 5 rings (SSSR count). The maximum absolute atomic E-state index is 12.4. The van der Waals surface area contributed by atoms with Gasteiger partial charge in [-0.2, -0.15) is 0 Å². The number of carbonyl (C=O) groups is 1. The van der Waals surface area contributed by atoms with Crippen LogP contribution in [-0.4, -0.2) is 35.2 Å². The molecule has 5 heteroatoms. The Morgan fingerprint density at radius 2 is 2.07 bits per heavy atom. The molecule has 1 saturated carbocycles. The van der Waals surface area contributed by atoms with Gasteiger partial charge in [-0.25, -0.2) is 4.98 Å². The van der Waals surface area contributed by atoms with Gasteiger partial charge in [-0.1, -0.05) is 20.8 Å². The first-order chi connectivity index (χ1) is 13.0. The molecule has 1 amide bonds. The lowest BCUT2D eigenvalue weighted by Gasteiger charge is -2.42. The number of nitrogens with one attached hydrogen (secondary N) is 1. The van der Waals surface area contributed by atoms with E-state index in [0.717, 1.165) is 43.0 Å². The first-order valence-electron chi connectivity index (χ1n) is 10.7. The molecule has 0 unspecified atom stereocenters. The summed E-state index contributed by atoms with van der Waals surface area (Å²) < 4.78 is 6.46. The van der Waals surface area contributed by atoms with Crippen LogP contribution in [0.4, 0.5) is 11.5 Å². The summed E-state index contributed by atoms with van der Waals surface area (Å²) >= 11 is 0. The molecule has 5 nitrogen and oxygen atoms in total. The minimum atomic E-state index is -0.0298. The van der Waals surface area contributed by atoms with E-state index < -0.39 is 0 Å². The summed E-state index contributed by atoms with van der Waals surface area (Å²) in [7, 11) is 0. The zero-order valence-corrected chi connectivity index (χ0v) is 18.3. The highest BCUT2D eigenvalue weighted by Crippen LogP contribution is 2.58. The van der Waals surface area contributed by atoms with Crippen molar-refractivity contribution in [3.8, 4) is 0 Å². The van der Waals surface area contributed by atoms with E-state index in [2.05, 4.69) is 50.9 Å². The van der Waals surface area contributed by atoms with Gasteiger partial charge in [0.1, 0.15) is 5.82 Å². The van der Waals surface area contributed by atoms with Gasteiger partial charge in [0.25, 0.3) is 0 Å². The number of amides is 1. The number of hydrogen-bond acceptors (Lipinski definition) is 4. The Morgan fingerprint density at radius 3 is 2.68 bits per heavy atom. The van der Waals surface area contributed by atoms with Gasteiger partial charge in [-0.15, -0.1) is 0 Å². The summed E-state index contributed by atoms with van der Waals surface area (Å²) in [6, 6.07) is 2.21. The lowest BCUT2D eigenvalue weighted by Crippen LogP contribution is -2.49. The number of rotatable bonds is 4. The van der Waals surface area contributed by atoms with Crippen LogP contribution in [0.5, 0.6) is 0 Å². The van der Waals surface area contributed by atoms with Crippen molar-refractivity contribution >= 4 is 17.4 Å². The van der Waals surface area contributed by atoms with Crippen LogP contribution in [0, 0.1) is 18.3 Å². The number of carbonyl (C=O) groups excluding carboxylic acids is 1. The fraction of sp³-hybridized carbons (Fsp3) is 0.739. The molecule has 28 heavy (non-hydrogen) atoms. The fourth-order valence-corrected chi connectivity index (χ4v) is 5.17. The van der Waals surface area contributed by atoms with E-state index in [1.165, 1.54) is 18.5 Å². The van der Waals surface area contributed by atoms with Crippen molar-refractivity contribution in [3.05, 3.63) is 17.3 Å². The number of anilines is 2. The zero-order valence-electron chi connectivity index (χ0n) is 18.3. The van der Waals surface area contributed by atoms with Crippen LogP contribution in [0.3, 0.4) is 0 Å². The quantitative estimate of drug-likeness (QED) is 0.830. The van der Waals surface area contributed by atoms with E-state index in [1.807, 2.05) is 6.92 Å². The third kappa shape index (κ3) is 3.66. The van der Waals surface area contributed by atoms with Crippen LogP contribution in [0.2, 0.25) is 0 Å². The van der Waals surface area contributed by atoms with Gasteiger partial charge in [0.05, 0.1) is 22.6 Å². The van der Waals surface area contributed by atoms with Crippen molar-refractivity contribution in [1.29, 1.82) is 0 Å². The molecule has 2 saturated heterocycles. The van der Waals surface area contributed by atoms with Crippen LogP contribution in [0.1, 0.15) is 71.6 Å². The van der Waals surface area contributed by atoms with Crippen molar-refractivity contribution < 1.29 is 9.53 Å². The van der Waals surface area contributed by atoms with Gasteiger partial charge < -0.3 is 15.0 Å². The number of hydrogen-bond donors (Lipinski definition) is 1. The van der Waals surface area contributed by atoms with Crippen molar-refractivity contribution in [2.45, 2.75) is 84.8 Å². The molecule has 0 spiro atoms. The summed E-state index contributed by atoms with van der Waals surface area (Å²) in [5.41, 5.74) is 3.38. The van der Waals surface area contributed by atoms with Crippen molar-refractivity contribution in [3.63, 3.8) is 0 Å². The molecule has 3 fully saturated rings. The first kappa shape index (κ1) is 19.7. The fourth-order valence-electron chi connectivity index (χ4n) is 5.17. The normalized spacial score (nSPS) is 27.9. The third-order valence-corrected chi connectivity index (χ3v) is 6.58. The van der Waals surface area contributed by atoms with Crippen LogP contribution >= 0.6 is 0 Å². The Morgan fingerprint density at radius 1 is 1.36 bits per heavy atom. The maximum atomic E-state index is 12.4. The second-order valence-corrected chi connectivity index (χ2v) is 10.9. The van der Waals surface area contributed by atoms with Crippen molar-refractivity contribution in [2.75, 3.05) is 23.3 Å². The second kappa shape index (κ2) is 6.45. The number of ether oxygens (including phenoxy) is 1. The average Bonchev–Trinajstić information content (AvgIpc) is 2.91. The molecule has 4 aliphatic rings. The highest BCUT2D eigenvalue weighted by atomic mass is 16.5. The van der Waals surface area contributed by atoms with Gasteiger partial charge in [-0.3, -0.25) is 4.79 Å². The molecule has 1 aliphatic carbocycles. The van der Waals surface area contributed by atoms with Gasteiger partial charge in [0.2, 0.25) is 5.91 Å².